The maximum absolute atomic E-state index is 11.6. The van der Waals surface area contributed by atoms with Crippen molar-refractivity contribution in [2.75, 3.05) is 4.90 Å². The van der Waals surface area contributed by atoms with Gasteiger partial charge in [0, 0.05) is 33.5 Å². The minimum atomic E-state index is -1.27. The first-order valence-corrected chi connectivity index (χ1v) is 17.5. The van der Waals surface area contributed by atoms with Gasteiger partial charge >= 0.3 is 5.97 Å². The summed E-state index contributed by atoms with van der Waals surface area (Å²) < 4.78 is 5.83. The second-order valence-corrected chi connectivity index (χ2v) is 14.7. The number of carbonyl (C=O) groups is 1. The van der Waals surface area contributed by atoms with Crippen LogP contribution in [0.25, 0.3) is 28.3 Å². The molecule has 1 N–H and O–H groups in total. The van der Waals surface area contributed by atoms with Gasteiger partial charge in [0.1, 0.15) is 23.2 Å². The van der Waals surface area contributed by atoms with E-state index >= 15 is 0 Å². The number of benzene rings is 5. The lowest BCUT2D eigenvalue weighted by Gasteiger charge is -2.29. The van der Waals surface area contributed by atoms with Gasteiger partial charge in [-0.1, -0.05) is 107 Å². The third kappa shape index (κ3) is 5.27. The second-order valence-electron chi connectivity index (χ2n) is 14.7. The molecule has 5 heteroatoms. The molecular weight excluding hydrogens is 641 g/mol. The summed E-state index contributed by atoms with van der Waals surface area (Å²) in [5, 5.41) is 18.8. The van der Waals surface area contributed by atoms with E-state index in [1.165, 1.54) is 44.5 Å². The Bertz CT molecular complexity index is 2380. The quantitative estimate of drug-likeness (QED) is 0.143. The molecule has 0 spiro atoms. The van der Waals surface area contributed by atoms with Crippen molar-refractivity contribution in [3.63, 3.8) is 0 Å². The van der Waals surface area contributed by atoms with Gasteiger partial charge in [-0.15, -0.1) is 0 Å². The van der Waals surface area contributed by atoms with Crippen LogP contribution in [0.3, 0.4) is 0 Å². The van der Waals surface area contributed by atoms with Gasteiger partial charge in [-0.05, 0) is 112 Å². The average Bonchev–Trinajstić information content (AvgIpc) is 3.50. The molecule has 2 aliphatic carbocycles. The number of aliphatic carboxylic acids is 1. The van der Waals surface area contributed by atoms with Crippen molar-refractivity contribution in [3.8, 4) is 28.3 Å². The summed E-state index contributed by atoms with van der Waals surface area (Å²) in [6.07, 6.45) is 6.85. The van der Waals surface area contributed by atoms with Gasteiger partial charge in [0.25, 0.3) is 0 Å². The molecule has 1 aliphatic heterocycles. The zero-order valence-corrected chi connectivity index (χ0v) is 29.9. The molecule has 3 aliphatic rings. The molecule has 0 bridgehead atoms. The van der Waals surface area contributed by atoms with Crippen molar-refractivity contribution in [3.05, 3.63) is 178 Å². The van der Waals surface area contributed by atoms with Crippen LogP contribution in [0.2, 0.25) is 0 Å². The Balaban J connectivity index is 1.20. The summed E-state index contributed by atoms with van der Waals surface area (Å²) >= 11 is 0. The number of ether oxygens (including phenoxy) is 1. The molecule has 0 fully saturated rings. The Kier molecular flexibility index (Phi) is 7.66. The van der Waals surface area contributed by atoms with Crippen LogP contribution < -0.4 is 4.90 Å². The van der Waals surface area contributed by atoms with E-state index in [1.807, 2.05) is 6.08 Å². The number of fused-ring (bicyclic) bond motifs is 6. The third-order valence-corrected chi connectivity index (χ3v) is 10.8. The average molecular weight is 679 g/mol. The maximum Gasteiger partial charge on any atom is 0.347 e. The van der Waals surface area contributed by atoms with Crippen LogP contribution in [0.15, 0.2) is 150 Å². The van der Waals surface area contributed by atoms with Crippen LogP contribution in [0.1, 0.15) is 62.4 Å². The zero-order chi connectivity index (χ0) is 36.4. The number of rotatable bonds is 6. The molecule has 8 rings (SSSR count). The van der Waals surface area contributed by atoms with E-state index in [2.05, 4.69) is 142 Å². The first-order chi connectivity index (χ1) is 25.0. The molecule has 254 valence electrons. The van der Waals surface area contributed by atoms with E-state index in [9.17, 15) is 15.2 Å². The molecule has 0 saturated heterocycles. The Morgan fingerprint density at radius 1 is 0.673 bits per heavy atom. The fourth-order valence-electron chi connectivity index (χ4n) is 8.14. The van der Waals surface area contributed by atoms with E-state index < -0.39 is 5.97 Å². The van der Waals surface area contributed by atoms with Crippen LogP contribution in [0.5, 0.6) is 0 Å². The van der Waals surface area contributed by atoms with E-state index in [1.54, 1.807) is 31.2 Å². The summed E-state index contributed by atoms with van der Waals surface area (Å²) in [6.45, 7) is 11.0. The molecular formula is C47H38N2O3. The van der Waals surface area contributed by atoms with Gasteiger partial charge < -0.3 is 14.7 Å². The normalized spacial score (nSPS) is 16.8. The predicted octanol–water partition coefficient (Wildman–Crippen LogP) is 11.5. The van der Waals surface area contributed by atoms with Gasteiger partial charge in [0.05, 0.1) is 0 Å². The van der Waals surface area contributed by atoms with E-state index in [4.69, 9.17) is 4.74 Å². The third-order valence-electron chi connectivity index (χ3n) is 10.8. The van der Waals surface area contributed by atoms with Crippen LogP contribution in [0.4, 0.5) is 17.1 Å². The first kappa shape index (κ1) is 32.8. The molecule has 0 amide bonds. The molecule has 5 aromatic rings. The highest BCUT2D eigenvalue weighted by atomic mass is 16.5. The fourth-order valence-corrected chi connectivity index (χ4v) is 8.14. The molecule has 0 atom stereocenters. The van der Waals surface area contributed by atoms with Crippen LogP contribution in [0, 0.1) is 11.3 Å². The van der Waals surface area contributed by atoms with Gasteiger partial charge in [0.15, 0.2) is 0 Å². The molecule has 5 nitrogen and oxygen atoms in total. The highest BCUT2D eigenvalue weighted by molar-refractivity contribution is 5.93. The first-order valence-electron chi connectivity index (χ1n) is 17.5. The van der Waals surface area contributed by atoms with Gasteiger partial charge in [0.2, 0.25) is 0 Å². The molecule has 1 heterocycles. The topological polar surface area (TPSA) is 73.6 Å². The number of nitriles is 1. The van der Waals surface area contributed by atoms with E-state index in [-0.39, 0.29) is 16.4 Å². The zero-order valence-electron chi connectivity index (χ0n) is 29.9. The number of hydrogen-bond acceptors (Lipinski definition) is 4. The smallest absolute Gasteiger partial charge is 0.347 e. The van der Waals surface area contributed by atoms with Crippen molar-refractivity contribution in [2.45, 2.75) is 45.4 Å². The number of anilines is 3. The molecule has 0 unspecified atom stereocenters. The maximum atomic E-state index is 11.6. The van der Waals surface area contributed by atoms with Crippen LogP contribution in [-0.2, 0) is 20.4 Å². The van der Waals surface area contributed by atoms with E-state index in [0.29, 0.717) is 17.1 Å². The molecule has 52 heavy (non-hydrogen) atoms. The number of allylic oxidation sites excluding steroid dienone is 5. The Labute approximate surface area is 304 Å². The highest BCUT2D eigenvalue weighted by Crippen LogP contribution is 2.53. The van der Waals surface area contributed by atoms with Crippen molar-refractivity contribution >= 4 is 29.1 Å². The number of carboxylic acids is 1. The summed E-state index contributed by atoms with van der Waals surface area (Å²) in [7, 11) is 0. The van der Waals surface area contributed by atoms with Crippen molar-refractivity contribution in [1.29, 1.82) is 5.26 Å². The highest BCUT2D eigenvalue weighted by Gasteiger charge is 2.37. The minimum Gasteiger partial charge on any atom is -0.477 e. The molecule has 5 aromatic carbocycles. The summed E-state index contributed by atoms with van der Waals surface area (Å²) in [5.74, 6) is -0.298. The van der Waals surface area contributed by atoms with E-state index in [0.717, 1.165) is 22.6 Å². The van der Waals surface area contributed by atoms with Gasteiger partial charge in [-0.25, -0.2) is 4.79 Å². The largest absolute Gasteiger partial charge is 0.477 e. The second kappa shape index (κ2) is 12.1. The fraction of sp³-hybridized carbons (Fsp3) is 0.149. The Morgan fingerprint density at radius 3 is 1.69 bits per heavy atom. The number of carboxylic acid groups (broad SMARTS) is 1. The predicted molar refractivity (Wildman–Crippen MR) is 208 cm³/mol. The SMILES string of the molecule is CC1=CC(=C(C#N)C(=O)O)C=C(C=Cc2ccc(N(c3ccc4c(c3)C(C)(C)c3ccccc3-4)c3ccc4c(c3)C(C)(C)c3ccccc3-4)cc2)O1. The standard InChI is InChI=1S/C47H38N2O3/c1-29-24-31(40(28-48)45(50)51)25-35(52-29)21-16-30-14-17-32(18-15-30)49(33-19-22-38-36-10-6-8-12-41(36)46(2,3)43(38)26-33)34-20-23-39-37-11-7-9-13-42(37)47(4,5)44(39)27-34/h6-27H,1-5H3,(H,50,51). The lowest BCUT2D eigenvalue weighted by atomic mass is 9.82. The van der Waals surface area contributed by atoms with Crippen molar-refractivity contribution in [2.24, 2.45) is 0 Å². The van der Waals surface area contributed by atoms with Gasteiger partial charge in [-0.2, -0.15) is 5.26 Å². The summed E-state index contributed by atoms with van der Waals surface area (Å²) in [6, 6.07) is 41.4. The number of nitrogens with zero attached hydrogens (tertiary/aromatic N) is 2. The molecule has 0 radical (unpaired) electrons. The molecule has 0 aromatic heterocycles. The van der Waals surface area contributed by atoms with Gasteiger partial charge in [-0.3, -0.25) is 0 Å². The lowest BCUT2D eigenvalue weighted by Crippen LogP contribution is -2.18. The monoisotopic (exact) mass is 678 g/mol. The lowest BCUT2D eigenvalue weighted by molar-refractivity contribution is -0.132. The summed E-state index contributed by atoms with van der Waals surface area (Å²) in [4.78, 5) is 13.9. The minimum absolute atomic E-state index is 0.138. The Morgan fingerprint density at radius 2 is 1.17 bits per heavy atom. The molecule has 0 saturated carbocycles. The van der Waals surface area contributed by atoms with Crippen LogP contribution in [-0.4, -0.2) is 11.1 Å². The van der Waals surface area contributed by atoms with Crippen LogP contribution >= 0.6 is 0 Å². The number of hydrogen-bond donors (Lipinski definition) is 1. The van der Waals surface area contributed by atoms with Crippen molar-refractivity contribution < 1.29 is 14.6 Å². The summed E-state index contributed by atoms with van der Waals surface area (Å²) in [5.41, 5.74) is 14.3. The van der Waals surface area contributed by atoms with Crippen molar-refractivity contribution in [1.82, 2.24) is 0 Å². The Hall–Kier alpha value is -6.38.